The molecule has 1 aromatic rings. The molecule has 0 saturated heterocycles. The molecular formula is C13H16ClF2NO. The summed E-state index contributed by atoms with van der Waals surface area (Å²) in [5.41, 5.74) is -0.208. The Balaban J connectivity index is 2.65. The number of nitrogens with one attached hydrogen (secondary N) is 1. The molecule has 2 nitrogen and oxygen atoms in total. The van der Waals surface area contributed by atoms with Gasteiger partial charge in [-0.05, 0) is 25.0 Å². The molecule has 18 heavy (non-hydrogen) atoms. The number of rotatable bonds is 5. The Morgan fingerprint density at radius 2 is 1.89 bits per heavy atom. The second-order valence-corrected chi connectivity index (χ2v) is 4.67. The fourth-order valence-corrected chi connectivity index (χ4v) is 1.71. The summed E-state index contributed by atoms with van der Waals surface area (Å²) in [6.45, 7) is 3.70. The Morgan fingerprint density at radius 3 is 2.39 bits per heavy atom. The molecule has 0 fully saturated rings. The molecule has 0 radical (unpaired) electrons. The van der Waals surface area contributed by atoms with Crippen LogP contribution in [-0.4, -0.2) is 17.8 Å². The molecule has 0 bridgehead atoms. The Kier molecular flexibility index (Phi) is 5.54. The first-order valence-corrected chi connectivity index (χ1v) is 6.27. The largest absolute Gasteiger partial charge is 0.353 e. The highest BCUT2D eigenvalue weighted by Gasteiger charge is 2.17. The van der Waals surface area contributed by atoms with Gasteiger partial charge in [0.05, 0.1) is 6.42 Å². The number of alkyl halides is 1. The Labute approximate surface area is 110 Å². The van der Waals surface area contributed by atoms with Crippen LogP contribution in [0.1, 0.15) is 19.4 Å². The maximum Gasteiger partial charge on any atom is 0.224 e. The van der Waals surface area contributed by atoms with Gasteiger partial charge in [0.2, 0.25) is 5.91 Å². The number of benzene rings is 1. The van der Waals surface area contributed by atoms with Crippen LogP contribution in [0.5, 0.6) is 0 Å². The van der Waals surface area contributed by atoms with E-state index >= 15 is 0 Å². The highest BCUT2D eigenvalue weighted by atomic mass is 35.5. The fourth-order valence-electron chi connectivity index (χ4n) is 1.44. The molecule has 5 heteroatoms. The van der Waals surface area contributed by atoms with Crippen LogP contribution in [0, 0.1) is 17.6 Å². The van der Waals surface area contributed by atoms with Gasteiger partial charge in [-0.25, -0.2) is 8.78 Å². The zero-order valence-corrected chi connectivity index (χ0v) is 11.1. The molecule has 0 heterocycles. The van der Waals surface area contributed by atoms with Crippen molar-refractivity contribution < 1.29 is 13.6 Å². The van der Waals surface area contributed by atoms with Crippen LogP contribution in [0.15, 0.2) is 18.2 Å². The molecule has 0 spiro atoms. The van der Waals surface area contributed by atoms with Crippen LogP contribution in [0.3, 0.4) is 0 Å². The monoisotopic (exact) mass is 275 g/mol. The van der Waals surface area contributed by atoms with E-state index in [9.17, 15) is 13.6 Å². The molecule has 1 rings (SSSR count). The summed E-state index contributed by atoms with van der Waals surface area (Å²) < 4.78 is 26.7. The molecule has 2 atom stereocenters. The summed E-state index contributed by atoms with van der Waals surface area (Å²) >= 11 is 5.67. The van der Waals surface area contributed by atoms with Crippen molar-refractivity contribution in [3.63, 3.8) is 0 Å². The van der Waals surface area contributed by atoms with Gasteiger partial charge in [0.1, 0.15) is 11.6 Å². The van der Waals surface area contributed by atoms with E-state index in [-0.39, 0.29) is 23.9 Å². The minimum Gasteiger partial charge on any atom is -0.353 e. The van der Waals surface area contributed by atoms with Crippen molar-refractivity contribution in [2.45, 2.75) is 26.3 Å². The molecule has 100 valence electrons. The summed E-state index contributed by atoms with van der Waals surface area (Å²) in [4.78, 5) is 11.7. The lowest BCUT2D eigenvalue weighted by molar-refractivity contribution is -0.121. The van der Waals surface area contributed by atoms with Crippen LogP contribution in [0.4, 0.5) is 8.78 Å². The molecule has 0 aliphatic rings. The first-order valence-electron chi connectivity index (χ1n) is 5.74. The molecule has 0 aromatic heterocycles. The molecule has 0 aliphatic carbocycles. The predicted octanol–water partition coefficient (Wildman–Crippen LogP) is 2.89. The highest BCUT2D eigenvalue weighted by molar-refractivity contribution is 6.18. The van der Waals surface area contributed by atoms with Crippen LogP contribution in [0.2, 0.25) is 0 Å². The van der Waals surface area contributed by atoms with Crippen LogP contribution in [-0.2, 0) is 11.2 Å². The zero-order chi connectivity index (χ0) is 13.7. The minimum atomic E-state index is -0.705. The quantitative estimate of drug-likeness (QED) is 0.823. The maximum absolute atomic E-state index is 13.3. The van der Waals surface area contributed by atoms with E-state index in [4.69, 9.17) is 11.6 Å². The van der Waals surface area contributed by atoms with Gasteiger partial charge in [0, 0.05) is 17.5 Å². The number of carbonyl (C=O) groups excluding carboxylic acids is 1. The SMILES string of the molecule is CC(CCl)C(C)NC(=O)Cc1c(F)cccc1F. The third kappa shape index (κ3) is 3.95. The lowest BCUT2D eigenvalue weighted by Gasteiger charge is -2.19. The van der Waals surface area contributed by atoms with Gasteiger partial charge in [0.25, 0.3) is 0 Å². The van der Waals surface area contributed by atoms with Gasteiger partial charge in [-0.15, -0.1) is 11.6 Å². The topological polar surface area (TPSA) is 29.1 Å². The van der Waals surface area contributed by atoms with E-state index in [0.717, 1.165) is 12.1 Å². The number of halogens is 3. The average molecular weight is 276 g/mol. The molecule has 0 aliphatic heterocycles. The molecule has 0 saturated carbocycles. The molecule has 1 amide bonds. The van der Waals surface area contributed by atoms with E-state index in [1.807, 2.05) is 13.8 Å². The standard InChI is InChI=1S/C13H16ClF2NO/c1-8(7-14)9(2)17-13(18)6-10-11(15)4-3-5-12(10)16/h3-5,8-9H,6-7H2,1-2H3,(H,17,18). The minimum absolute atomic E-state index is 0.0982. The third-order valence-electron chi connectivity index (χ3n) is 2.88. The second kappa shape index (κ2) is 6.69. The van der Waals surface area contributed by atoms with Gasteiger partial charge in [-0.1, -0.05) is 13.0 Å². The van der Waals surface area contributed by atoms with Gasteiger partial charge in [0.15, 0.2) is 0 Å². The van der Waals surface area contributed by atoms with E-state index in [1.54, 1.807) is 0 Å². The second-order valence-electron chi connectivity index (χ2n) is 4.36. The van der Waals surface area contributed by atoms with Crippen molar-refractivity contribution in [3.8, 4) is 0 Å². The molecule has 1 N–H and O–H groups in total. The maximum atomic E-state index is 13.3. The van der Waals surface area contributed by atoms with Crippen molar-refractivity contribution in [1.29, 1.82) is 0 Å². The highest BCUT2D eigenvalue weighted by Crippen LogP contribution is 2.13. The molecule has 1 aromatic carbocycles. The van der Waals surface area contributed by atoms with E-state index in [0.29, 0.717) is 5.88 Å². The normalized spacial score (nSPS) is 14.1. The van der Waals surface area contributed by atoms with E-state index < -0.39 is 17.5 Å². The van der Waals surface area contributed by atoms with Crippen LogP contribution < -0.4 is 5.32 Å². The van der Waals surface area contributed by atoms with Crippen LogP contribution >= 0.6 is 11.6 Å². The fraction of sp³-hybridized carbons (Fsp3) is 0.462. The summed E-state index contributed by atoms with van der Waals surface area (Å²) in [6.07, 6.45) is -0.308. The van der Waals surface area contributed by atoms with E-state index in [2.05, 4.69) is 5.32 Å². The van der Waals surface area contributed by atoms with E-state index in [1.165, 1.54) is 6.07 Å². The number of carbonyl (C=O) groups is 1. The molecular weight excluding hydrogens is 260 g/mol. The number of hydrogen-bond acceptors (Lipinski definition) is 1. The zero-order valence-electron chi connectivity index (χ0n) is 10.3. The van der Waals surface area contributed by atoms with Gasteiger partial charge in [-0.3, -0.25) is 4.79 Å². The van der Waals surface area contributed by atoms with Crippen molar-refractivity contribution in [3.05, 3.63) is 35.4 Å². The first kappa shape index (κ1) is 14.9. The van der Waals surface area contributed by atoms with Crippen molar-refractivity contribution in [2.24, 2.45) is 5.92 Å². The predicted molar refractivity (Wildman–Crippen MR) is 67.6 cm³/mol. The average Bonchev–Trinajstić information content (AvgIpc) is 2.32. The van der Waals surface area contributed by atoms with Crippen molar-refractivity contribution >= 4 is 17.5 Å². The number of amides is 1. The molecule has 2 unspecified atom stereocenters. The van der Waals surface area contributed by atoms with Gasteiger partial charge >= 0.3 is 0 Å². The lowest BCUT2D eigenvalue weighted by atomic mass is 10.1. The summed E-state index contributed by atoms with van der Waals surface area (Å²) in [6, 6.07) is 3.40. The Morgan fingerprint density at radius 1 is 1.33 bits per heavy atom. The van der Waals surface area contributed by atoms with Gasteiger partial charge < -0.3 is 5.32 Å². The summed E-state index contributed by atoms with van der Waals surface area (Å²) in [7, 11) is 0. The third-order valence-corrected chi connectivity index (χ3v) is 3.37. The Bertz CT molecular complexity index is 405. The summed E-state index contributed by atoms with van der Waals surface area (Å²) in [5, 5.41) is 2.68. The number of hydrogen-bond donors (Lipinski definition) is 1. The van der Waals surface area contributed by atoms with Gasteiger partial charge in [-0.2, -0.15) is 0 Å². The summed E-state index contributed by atoms with van der Waals surface area (Å²) in [5.74, 6) is -1.31. The smallest absolute Gasteiger partial charge is 0.224 e. The van der Waals surface area contributed by atoms with Crippen molar-refractivity contribution in [1.82, 2.24) is 5.32 Å². The lowest BCUT2D eigenvalue weighted by Crippen LogP contribution is -2.38. The Hall–Kier alpha value is -1.16. The first-order chi connectivity index (χ1) is 8.45. The van der Waals surface area contributed by atoms with Crippen molar-refractivity contribution in [2.75, 3.05) is 5.88 Å². The van der Waals surface area contributed by atoms with Crippen LogP contribution in [0.25, 0.3) is 0 Å².